The number of carbonyl (C=O) groups excluding carboxylic acids is 3. The van der Waals surface area contributed by atoms with E-state index in [9.17, 15) is 48.0 Å². The molecule has 12 nitrogen and oxygen atoms in total. The highest BCUT2D eigenvalue weighted by Crippen LogP contribution is 2.54. The summed E-state index contributed by atoms with van der Waals surface area (Å²) in [5, 5.41) is 48.8. The summed E-state index contributed by atoms with van der Waals surface area (Å²) >= 11 is 0. The minimum atomic E-state index is -4.84. The second-order valence-corrected chi connectivity index (χ2v) is 12.4. The molecule has 248 valence electrons. The number of ether oxygens (including phenoxy) is 1. The van der Waals surface area contributed by atoms with Gasteiger partial charge in [0.1, 0.15) is 23.2 Å². The third-order valence-electron chi connectivity index (χ3n) is 9.19. The van der Waals surface area contributed by atoms with Gasteiger partial charge in [0, 0.05) is 43.9 Å². The van der Waals surface area contributed by atoms with Gasteiger partial charge in [0.15, 0.2) is 11.4 Å². The number of halogens is 3. The molecule has 5 rings (SSSR count). The Hall–Kier alpha value is -4.34. The molecule has 7 N–H and O–H groups in total. The number of carbonyl (C=O) groups is 3. The van der Waals surface area contributed by atoms with E-state index in [1.54, 1.807) is 39.2 Å². The highest BCUT2D eigenvalue weighted by Gasteiger charge is 2.67. The summed E-state index contributed by atoms with van der Waals surface area (Å²) in [6, 6.07) is 5.70. The molecule has 0 bridgehead atoms. The van der Waals surface area contributed by atoms with Crippen LogP contribution in [0.3, 0.4) is 0 Å². The number of amides is 1. The number of nitrogens with one attached hydrogen (secondary N) is 1. The number of aromatic hydroxyl groups is 1. The van der Waals surface area contributed by atoms with Gasteiger partial charge in [0.25, 0.3) is 0 Å². The second-order valence-electron chi connectivity index (χ2n) is 12.4. The SMILES string of the molecule is CN(C)c1cc(NCc2ccc(OC(F)(F)F)cc2)c(O)c2c1C[C@@H]1C[C@@H]3[C@@H](N(C)C)C(O)C(C(N)=O)C(=O)[C@]3(O)C(=O)C1=C2O. The van der Waals surface area contributed by atoms with Crippen molar-refractivity contribution >= 4 is 34.6 Å². The van der Waals surface area contributed by atoms with E-state index in [0.29, 0.717) is 16.8 Å². The molecular weight excluding hydrogens is 613 g/mol. The summed E-state index contributed by atoms with van der Waals surface area (Å²) in [5.41, 5.74) is 4.00. The van der Waals surface area contributed by atoms with Gasteiger partial charge in [-0.05, 0) is 62.2 Å². The molecular formula is C31H35F3N4O8. The first-order chi connectivity index (χ1) is 21.4. The Bertz CT molecular complexity index is 1620. The van der Waals surface area contributed by atoms with Crippen LogP contribution >= 0.6 is 0 Å². The molecule has 1 amide bonds. The lowest BCUT2D eigenvalue weighted by molar-refractivity contribution is -0.274. The number of phenols is 1. The van der Waals surface area contributed by atoms with Crippen LogP contribution in [0.15, 0.2) is 35.9 Å². The summed E-state index contributed by atoms with van der Waals surface area (Å²) < 4.78 is 41.4. The van der Waals surface area contributed by atoms with Crippen LogP contribution in [0.25, 0.3) is 5.76 Å². The normalized spacial score (nSPS) is 27.6. The van der Waals surface area contributed by atoms with Crippen molar-refractivity contribution in [2.75, 3.05) is 38.4 Å². The molecule has 2 fully saturated rings. The molecule has 0 aliphatic heterocycles. The van der Waals surface area contributed by atoms with Crippen molar-refractivity contribution in [1.29, 1.82) is 0 Å². The number of anilines is 2. The van der Waals surface area contributed by atoms with Gasteiger partial charge in [-0.3, -0.25) is 14.4 Å². The molecule has 6 atom stereocenters. The van der Waals surface area contributed by atoms with Gasteiger partial charge in [0.05, 0.1) is 17.4 Å². The lowest BCUT2D eigenvalue weighted by Gasteiger charge is -2.53. The van der Waals surface area contributed by atoms with E-state index in [-0.39, 0.29) is 36.2 Å². The lowest BCUT2D eigenvalue weighted by Crippen LogP contribution is -2.73. The van der Waals surface area contributed by atoms with Gasteiger partial charge in [-0.15, -0.1) is 13.2 Å². The third-order valence-corrected chi connectivity index (χ3v) is 9.19. The molecule has 3 aliphatic carbocycles. The van der Waals surface area contributed by atoms with Crippen LogP contribution in [0, 0.1) is 17.8 Å². The second kappa shape index (κ2) is 11.5. The van der Waals surface area contributed by atoms with Crippen LogP contribution in [0.1, 0.15) is 23.1 Å². The Morgan fingerprint density at radius 2 is 1.76 bits per heavy atom. The fourth-order valence-electron chi connectivity index (χ4n) is 7.19. The number of rotatable bonds is 7. The summed E-state index contributed by atoms with van der Waals surface area (Å²) in [4.78, 5) is 43.1. The fourth-order valence-corrected chi connectivity index (χ4v) is 7.19. The molecule has 15 heteroatoms. The van der Waals surface area contributed by atoms with Crippen LogP contribution in [0.2, 0.25) is 0 Å². The zero-order chi connectivity index (χ0) is 34.0. The minimum absolute atomic E-state index is 0.0140. The zero-order valence-corrected chi connectivity index (χ0v) is 25.4. The first kappa shape index (κ1) is 33.0. The average Bonchev–Trinajstić information content (AvgIpc) is 2.94. The summed E-state index contributed by atoms with van der Waals surface area (Å²) in [6.45, 7) is 0.0447. The number of ketones is 2. The Labute approximate surface area is 261 Å². The van der Waals surface area contributed by atoms with Crippen LogP contribution in [-0.4, -0.2) is 95.1 Å². The topological polar surface area (TPSA) is 186 Å². The molecule has 3 aliphatic rings. The number of aliphatic hydroxyl groups is 3. The first-order valence-electron chi connectivity index (χ1n) is 14.4. The number of nitrogens with two attached hydrogens (primary N) is 1. The van der Waals surface area contributed by atoms with Crippen molar-refractivity contribution in [3.63, 3.8) is 0 Å². The number of nitrogens with zero attached hydrogens (tertiary/aromatic N) is 2. The van der Waals surface area contributed by atoms with E-state index in [4.69, 9.17) is 5.73 Å². The molecule has 0 spiro atoms. The van der Waals surface area contributed by atoms with Gasteiger partial charge in [-0.25, -0.2) is 0 Å². The smallest absolute Gasteiger partial charge is 0.507 e. The number of fused-ring (bicyclic) bond motifs is 3. The Morgan fingerprint density at radius 1 is 1.13 bits per heavy atom. The van der Waals surface area contributed by atoms with Gasteiger partial charge in [0.2, 0.25) is 11.7 Å². The van der Waals surface area contributed by atoms with Crippen molar-refractivity contribution in [2.45, 2.75) is 43.5 Å². The Morgan fingerprint density at radius 3 is 2.30 bits per heavy atom. The van der Waals surface area contributed by atoms with E-state index < -0.39 is 76.6 Å². The van der Waals surface area contributed by atoms with E-state index >= 15 is 0 Å². The maximum Gasteiger partial charge on any atom is 0.573 e. The highest BCUT2D eigenvalue weighted by molar-refractivity contribution is 6.25. The molecule has 2 aromatic carbocycles. The minimum Gasteiger partial charge on any atom is -0.507 e. The highest BCUT2D eigenvalue weighted by atomic mass is 19.4. The molecule has 0 aromatic heterocycles. The van der Waals surface area contributed by atoms with Gasteiger partial charge < -0.3 is 46.0 Å². The van der Waals surface area contributed by atoms with Crippen molar-refractivity contribution in [3.05, 3.63) is 52.6 Å². The van der Waals surface area contributed by atoms with E-state index in [1.165, 1.54) is 17.0 Å². The maximum atomic E-state index is 14.1. The molecule has 2 saturated carbocycles. The molecule has 0 radical (unpaired) electrons. The largest absolute Gasteiger partial charge is 0.573 e. The number of phenolic OH excluding ortho intramolecular Hbond substituents is 1. The maximum absolute atomic E-state index is 14.1. The number of benzene rings is 2. The van der Waals surface area contributed by atoms with Crippen molar-refractivity contribution in [3.8, 4) is 11.5 Å². The quantitative estimate of drug-likeness (QED) is 0.190. The van der Waals surface area contributed by atoms with E-state index in [0.717, 1.165) is 12.1 Å². The Kier molecular flexibility index (Phi) is 8.24. The lowest BCUT2D eigenvalue weighted by atomic mass is 9.54. The monoisotopic (exact) mass is 648 g/mol. The van der Waals surface area contributed by atoms with Gasteiger partial charge in [-0.2, -0.15) is 0 Å². The third kappa shape index (κ3) is 5.31. The van der Waals surface area contributed by atoms with Crippen molar-refractivity contribution < 1.29 is 52.7 Å². The number of Topliss-reactive ketones (excluding diaryl/α,β-unsaturated/α-hetero) is 2. The summed E-state index contributed by atoms with van der Waals surface area (Å²) in [6.07, 6.45) is -6.32. The summed E-state index contributed by atoms with van der Waals surface area (Å²) in [7, 11) is 6.62. The molecule has 46 heavy (non-hydrogen) atoms. The van der Waals surface area contributed by atoms with Crippen molar-refractivity contribution in [2.24, 2.45) is 23.5 Å². The summed E-state index contributed by atoms with van der Waals surface area (Å²) in [5.74, 6) is -8.78. The zero-order valence-electron chi connectivity index (χ0n) is 25.4. The predicted molar refractivity (Wildman–Crippen MR) is 159 cm³/mol. The fraction of sp³-hybridized carbons (Fsp3) is 0.452. The predicted octanol–water partition coefficient (Wildman–Crippen LogP) is 1.71. The number of alkyl halides is 3. The van der Waals surface area contributed by atoms with Gasteiger partial charge >= 0.3 is 6.36 Å². The first-order valence-corrected chi connectivity index (χ1v) is 14.4. The standard InChI is InChI=1S/C31H35F3N4O8/c1-37(2)19-11-18(36-12-13-5-7-15(8-6-13)46-31(32,33)34)24(39)21-16(19)9-14-10-17-23(38(3)4)26(41)22(29(35)44)28(43)30(17,45)27(42)20(14)25(21)40/h5-8,11,14,17,22-23,26,36,39-41,45H,9-10,12H2,1-4H3,(H2,35,44)/t14-,17-,22?,23-,26?,30-/m1/s1. The van der Waals surface area contributed by atoms with Crippen LogP contribution in [-0.2, 0) is 27.3 Å². The van der Waals surface area contributed by atoms with Crippen LogP contribution < -0.4 is 20.7 Å². The Balaban J connectivity index is 1.55. The van der Waals surface area contributed by atoms with Crippen LogP contribution in [0.5, 0.6) is 11.5 Å². The molecule has 0 heterocycles. The van der Waals surface area contributed by atoms with E-state index in [2.05, 4.69) is 10.1 Å². The molecule has 2 unspecified atom stereocenters. The number of aliphatic hydroxyl groups excluding tert-OH is 2. The molecule has 2 aromatic rings. The van der Waals surface area contributed by atoms with Crippen LogP contribution in [0.4, 0.5) is 24.5 Å². The van der Waals surface area contributed by atoms with Gasteiger partial charge in [-0.1, -0.05) is 12.1 Å². The number of hydrogen-bond acceptors (Lipinski definition) is 11. The number of hydrogen-bond donors (Lipinski definition) is 6. The number of likely N-dealkylation sites (N-methyl/N-ethyl adjacent to an activating group) is 1. The number of primary amides is 1. The van der Waals surface area contributed by atoms with E-state index in [1.807, 2.05) is 0 Å². The average molecular weight is 649 g/mol. The van der Waals surface area contributed by atoms with Crippen molar-refractivity contribution in [1.82, 2.24) is 4.90 Å². The molecule has 0 saturated heterocycles.